The highest BCUT2D eigenvalue weighted by Crippen LogP contribution is 2.23. The molecule has 0 N–H and O–H groups in total. The first-order valence-corrected chi connectivity index (χ1v) is 5.06. The molecule has 1 aromatic carbocycles. The van der Waals surface area contributed by atoms with E-state index in [-0.39, 0.29) is 0 Å². The molecule has 0 aliphatic heterocycles. The van der Waals surface area contributed by atoms with E-state index in [2.05, 4.69) is 0 Å². The first kappa shape index (κ1) is 9.97. The zero-order chi connectivity index (χ0) is 8.97. The van der Waals surface area contributed by atoms with Gasteiger partial charge in [-0.3, -0.25) is 0 Å². The Morgan fingerprint density at radius 2 is 1.92 bits per heavy atom. The van der Waals surface area contributed by atoms with Gasteiger partial charge in [0.1, 0.15) is 0 Å². The van der Waals surface area contributed by atoms with E-state index in [4.69, 9.17) is 23.2 Å². The lowest BCUT2D eigenvalue weighted by Crippen LogP contribution is -1.67. The third-order valence-corrected chi connectivity index (χ3v) is 2.68. The first-order chi connectivity index (χ1) is 5.68. The fraction of sp³-hybridized carbons (Fsp3) is 0.111. The van der Waals surface area contributed by atoms with E-state index in [1.165, 1.54) is 0 Å². The summed E-state index contributed by atoms with van der Waals surface area (Å²) in [5.41, 5.74) is 0. The largest absolute Gasteiger partial charge is 0.0969 e. The van der Waals surface area contributed by atoms with Crippen LogP contribution < -0.4 is 0 Å². The molecule has 0 saturated carbocycles. The van der Waals surface area contributed by atoms with Gasteiger partial charge in [-0.15, -0.1) is 0 Å². The first-order valence-electron chi connectivity index (χ1n) is 3.43. The smallest absolute Gasteiger partial charge is 0.0406 e. The molecule has 0 saturated heterocycles. The standard InChI is InChI=1S/C9H8Cl2S/c1-7(10)6-12-9-4-2-8(11)3-5-9/h2-6H,1H3/b7-6+. The Balaban J connectivity index is 2.65. The maximum absolute atomic E-state index is 5.72. The van der Waals surface area contributed by atoms with Crippen LogP contribution in [0, 0.1) is 0 Å². The van der Waals surface area contributed by atoms with Gasteiger partial charge in [0, 0.05) is 15.0 Å². The molecule has 12 heavy (non-hydrogen) atoms. The van der Waals surface area contributed by atoms with Gasteiger partial charge in [0.2, 0.25) is 0 Å². The molecule has 0 heterocycles. The molecule has 0 amide bonds. The van der Waals surface area contributed by atoms with Gasteiger partial charge >= 0.3 is 0 Å². The lowest BCUT2D eigenvalue weighted by Gasteiger charge is -1.95. The molecule has 64 valence electrons. The van der Waals surface area contributed by atoms with E-state index in [9.17, 15) is 0 Å². The zero-order valence-electron chi connectivity index (χ0n) is 6.55. The molecule has 0 aliphatic rings. The van der Waals surface area contributed by atoms with Crippen LogP contribution in [0.3, 0.4) is 0 Å². The second kappa shape index (κ2) is 4.80. The maximum Gasteiger partial charge on any atom is 0.0406 e. The predicted octanol–water partition coefficient (Wildman–Crippen LogP) is 4.53. The minimum atomic E-state index is 0.755. The molecule has 0 radical (unpaired) electrons. The van der Waals surface area contributed by atoms with Gasteiger partial charge in [-0.05, 0) is 36.6 Å². The molecular weight excluding hydrogens is 211 g/mol. The molecule has 0 fully saturated rings. The summed E-state index contributed by atoms with van der Waals surface area (Å²) >= 11 is 13.0. The average Bonchev–Trinajstić information content (AvgIpc) is 2.03. The van der Waals surface area contributed by atoms with Crippen molar-refractivity contribution in [2.45, 2.75) is 11.8 Å². The molecule has 0 bridgehead atoms. The molecule has 0 aromatic heterocycles. The van der Waals surface area contributed by atoms with Crippen molar-refractivity contribution in [3.8, 4) is 0 Å². The van der Waals surface area contributed by atoms with Crippen LogP contribution in [-0.2, 0) is 0 Å². The van der Waals surface area contributed by atoms with E-state index in [1.54, 1.807) is 11.8 Å². The Labute approximate surface area is 86.6 Å². The number of benzene rings is 1. The van der Waals surface area contributed by atoms with Gasteiger partial charge in [-0.2, -0.15) is 0 Å². The summed E-state index contributed by atoms with van der Waals surface area (Å²) < 4.78 is 0. The van der Waals surface area contributed by atoms with Crippen molar-refractivity contribution in [3.05, 3.63) is 39.7 Å². The molecular formula is C9H8Cl2S. The van der Waals surface area contributed by atoms with Crippen molar-refractivity contribution < 1.29 is 0 Å². The summed E-state index contributed by atoms with van der Waals surface area (Å²) in [4.78, 5) is 1.14. The normalized spacial score (nSPS) is 11.8. The maximum atomic E-state index is 5.72. The van der Waals surface area contributed by atoms with Crippen LogP contribution in [0.15, 0.2) is 39.6 Å². The van der Waals surface area contributed by atoms with E-state index < -0.39 is 0 Å². The summed E-state index contributed by atoms with van der Waals surface area (Å²) in [7, 11) is 0. The Morgan fingerprint density at radius 1 is 1.33 bits per heavy atom. The highest BCUT2D eigenvalue weighted by atomic mass is 35.5. The number of rotatable bonds is 2. The minimum absolute atomic E-state index is 0.755. The third kappa shape index (κ3) is 3.53. The summed E-state index contributed by atoms with van der Waals surface area (Å²) in [5.74, 6) is 0. The van der Waals surface area contributed by atoms with E-state index in [0.29, 0.717) is 0 Å². The monoisotopic (exact) mass is 218 g/mol. The van der Waals surface area contributed by atoms with Gasteiger partial charge < -0.3 is 0 Å². The Morgan fingerprint density at radius 3 is 2.42 bits per heavy atom. The number of thioether (sulfide) groups is 1. The van der Waals surface area contributed by atoms with Crippen LogP contribution in [0.1, 0.15) is 6.92 Å². The van der Waals surface area contributed by atoms with Gasteiger partial charge in [-0.25, -0.2) is 0 Å². The Kier molecular flexibility index (Phi) is 3.99. The minimum Gasteiger partial charge on any atom is -0.0969 e. The summed E-state index contributed by atoms with van der Waals surface area (Å²) in [5, 5.41) is 3.44. The molecule has 0 unspecified atom stereocenters. The Hall–Kier alpha value is -0.110. The molecule has 0 atom stereocenters. The molecule has 0 nitrogen and oxygen atoms in total. The van der Waals surface area contributed by atoms with Crippen LogP contribution in [0.2, 0.25) is 5.02 Å². The fourth-order valence-corrected chi connectivity index (χ4v) is 1.51. The zero-order valence-corrected chi connectivity index (χ0v) is 8.88. The summed E-state index contributed by atoms with van der Waals surface area (Å²) in [6.45, 7) is 1.85. The molecule has 3 heteroatoms. The highest BCUT2D eigenvalue weighted by Gasteiger charge is 1.90. The van der Waals surface area contributed by atoms with Crippen LogP contribution in [0.25, 0.3) is 0 Å². The molecule has 0 aliphatic carbocycles. The van der Waals surface area contributed by atoms with Gasteiger partial charge in [0.15, 0.2) is 0 Å². The lowest BCUT2D eigenvalue weighted by molar-refractivity contribution is 1.47. The molecule has 0 spiro atoms. The van der Waals surface area contributed by atoms with E-state index >= 15 is 0 Å². The quantitative estimate of drug-likeness (QED) is 0.658. The number of allylic oxidation sites excluding steroid dienone is 1. The lowest BCUT2D eigenvalue weighted by atomic mass is 10.4. The third-order valence-electron chi connectivity index (χ3n) is 1.17. The average molecular weight is 219 g/mol. The van der Waals surface area contributed by atoms with Gasteiger partial charge in [0.25, 0.3) is 0 Å². The molecule has 1 rings (SSSR count). The molecule has 1 aromatic rings. The van der Waals surface area contributed by atoms with Crippen molar-refractivity contribution in [1.29, 1.82) is 0 Å². The highest BCUT2D eigenvalue weighted by molar-refractivity contribution is 8.02. The van der Waals surface area contributed by atoms with Crippen molar-refractivity contribution >= 4 is 35.0 Å². The van der Waals surface area contributed by atoms with Crippen molar-refractivity contribution in [2.75, 3.05) is 0 Å². The fourth-order valence-electron chi connectivity index (χ4n) is 0.662. The van der Waals surface area contributed by atoms with E-state index in [0.717, 1.165) is 15.0 Å². The van der Waals surface area contributed by atoms with Gasteiger partial charge in [-0.1, -0.05) is 35.0 Å². The summed E-state index contributed by atoms with van der Waals surface area (Å²) in [6.07, 6.45) is 0. The van der Waals surface area contributed by atoms with Crippen LogP contribution >= 0.6 is 35.0 Å². The van der Waals surface area contributed by atoms with Crippen LogP contribution in [0.5, 0.6) is 0 Å². The van der Waals surface area contributed by atoms with Crippen LogP contribution in [0.4, 0.5) is 0 Å². The van der Waals surface area contributed by atoms with Crippen LogP contribution in [-0.4, -0.2) is 0 Å². The second-order valence-corrected chi connectivity index (χ2v) is 4.25. The predicted molar refractivity (Wildman–Crippen MR) is 56.9 cm³/mol. The van der Waals surface area contributed by atoms with E-state index in [1.807, 2.05) is 36.6 Å². The topological polar surface area (TPSA) is 0 Å². The number of halogens is 2. The number of hydrogen-bond donors (Lipinski definition) is 0. The van der Waals surface area contributed by atoms with Gasteiger partial charge in [0.05, 0.1) is 0 Å². The SMILES string of the molecule is C/C(Cl)=C\Sc1ccc(Cl)cc1. The summed E-state index contributed by atoms with van der Waals surface area (Å²) in [6, 6.07) is 7.65. The van der Waals surface area contributed by atoms with Crippen molar-refractivity contribution in [2.24, 2.45) is 0 Å². The van der Waals surface area contributed by atoms with Crippen molar-refractivity contribution in [1.82, 2.24) is 0 Å². The van der Waals surface area contributed by atoms with Crippen molar-refractivity contribution in [3.63, 3.8) is 0 Å². The number of hydrogen-bond acceptors (Lipinski definition) is 1. The second-order valence-electron chi connectivity index (χ2n) is 2.28. The Bertz CT molecular complexity index is 273.